The Morgan fingerprint density at radius 3 is 2.51 bits per heavy atom. The molecule has 0 spiro atoms. The highest BCUT2D eigenvalue weighted by molar-refractivity contribution is 6.06. The maximum absolute atomic E-state index is 13.1. The average Bonchev–Trinajstić information content (AvgIpc) is 3.44. The van der Waals surface area contributed by atoms with Crippen molar-refractivity contribution in [1.82, 2.24) is 20.0 Å². The topological polar surface area (TPSA) is 132 Å². The van der Waals surface area contributed by atoms with E-state index in [1.807, 2.05) is 56.4 Å². The average molecular weight is 598 g/mol. The fourth-order valence-corrected chi connectivity index (χ4v) is 5.74. The fraction of sp³-hybridized carbons (Fsp3) is 0.143. The molecule has 2 heterocycles. The second-order valence-corrected chi connectivity index (χ2v) is 10.4. The summed E-state index contributed by atoms with van der Waals surface area (Å²) in [6.07, 6.45) is 1.82. The number of rotatable bonds is 9. The lowest BCUT2D eigenvalue weighted by molar-refractivity contribution is 0.0691. The zero-order valence-electron chi connectivity index (χ0n) is 24.5. The number of carbonyl (C=O) groups is 2. The van der Waals surface area contributed by atoms with Crippen molar-refractivity contribution in [1.29, 1.82) is 0 Å². The maximum atomic E-state index is 13.1. The molecule has 222 valence electrons. The first kappa shape index (κ1) is 29.0. The molecule has 6 aromatic rings. The number of aromatic nitrogens is 4. The summed E-state index contributed by atoms with van der Waals surface area (Å²) in [6, 6.07) is 21.3. The lowest BCUT2D eigenvalue weighted by Gasteiger charge is -2.14. The normalized spacial score (nSPS) is 11.0. The number of hydrogen-bond donors (Lipinski definition) is 2. The van der Waals surface area contributed by atoms with Crippen LogP contribution in [0, 0.1) is 6.57 Å². The van der Waals surface area contributed by atoms with Crippen LogP contribution in [0.2, 0.25) is 0 Å². The molecule has 6 rings (SSSR count). The van der Waals surface area contributed by atoms with Gasteiger partial charge >= 0.3 is 5.97 Å². The number of carbonyl (C=O) groups excluding carboxylic acids is 1. The number of carboxylic acid groups (broad SMARTS) is 1. The Bertz CT molecular complexity index is 2240. The van der Waals surface area contributed by atoms with E-state index < -0.39 is 11.5 Å². The van der Waals surface area contributed by atoms with Crippen molar-refractivity contribution in [3.05, 3.63) is 118 Å². The highest BCUT2D eigenvalue weighted by Gasteiger charge is 2.22. The molecular weight excluding hydrogens is 570 g/mol. The summed E-state index contributed by atoms with van der Waals surface area (Å²) in [4.78, 5) is 41.8. The van der Waals surface area contributed by atoms with Crippen molar-refractivity contribution in [2.75, 3.05) is 6.61 Å². The number of nitrogens with one attached hydrogen (secondary N) is 1. The Balaban J connectivity index is 1.49. The third-order valence-corrected chi connectivity index (χ3v) is 7.80. The summed E-state index contributed by atoms with van der Waals surface area (Å²) in [6.45, 7) is 10.1. The Hall–Kier alpha value is -6.08. The van der Waals surface area contributed by atoms with Gasteiger partial charge in [-0.15, -0.1) is 0 Å². The van der Waals surface area contributed by atoms with Gasteiger partial charge in [0.1, 0.15) is 5.75 Å². The molecule has 0 saturated carbocycles. The second-order valence-electron chi connectivity index (χ2n) is 10.4. The largest absolute Gasteiger partial charge is 0.493 e. The minimum Gasteiger partial charge on any atom is -0.493 e. The van der Waals surface area contributed by atoms with E-state index in [1.165, 1.54) is 12.1 Å². The fourth-order valence-electron chi connectivity index (χ4n) is 5.74. The molecule has 2 N–H and O–H groups in total. The number of benzene rings is 4. The van der Waals surface area contributed by atoms with Crippen LogP contribution in [0.15, 0.2) is 83.8 Å². The van der Waals surface area contributed by atoms with E-state index in [9.17, 15) is 19.5 Å². The maximum Gasteiger partial charge on any atom is 0.336 e. The molecule has 0 amide bonds. The number of nitrogens with zero attached hydrogens (tertiary/aromatic N) is 4. The lowest BCUT2D eigenvalue weighted by atomic mass is 9.94. The lowest BCUT2D eigenvalue weighted by Crippen LogP contribution is -2.14. The van der Waals surface area contributed by atoms with E-state index in [0.29, 0.717) is 51.3 Å². The van der Waals surface area contributed by atoms with Crippen LogP contribution >= 0.6 is 0 Å². The smallest absolute Gasteiger partial charge is 0.336 e. The Kier molecular flexibility index (Phi) is 7.67. The monoisotopic (exact) mass is 597 g/mol. The highest BCUT2D eigenvalue weighted by Crippen LogP contribution is 2.42. The standard InChI is InChI=1S/C35H27N5O5/c1-4-45-30-18-21(27-19-37-40(3)33(27)25-14-13-20-9-5-6-10-22(20)32(25)36-2)17-26-28(38-39-34(42)31(26)30)15-16-29(41)23-11-7-8-12-24(23)35(43)44/h5-14,17-19H,4,15-16H2,1,3H3,(H,39,42)(H,43,44). The van der Waals surface area contributed by atoms with Crippen LogP contribution in [0.25, 0.3) is 48.8 Å². The summed E-state index contributed by atoms with van der Waals surface area (Å²) in [7, 11) is 1.81. The highest BCUT2D eigenvalue weighted by atomic mass is 16.5. The number of carboxylic acids is 1. The number of hydrogen-bond acceptors (Lipinski definition) is 6. The molecule has 0 saturated heterocycles. The van der Waals surface area contributed by atoms with Crippen LogP contribution in [0.1, 0.15) is 39.8 Å². The molecule has 4 aromatic carbocycles. The molecular formula is C35H27N5O5. The zero-order chi connectivity index (χ0) is 31.7. The van der Waals surface area contributed by atoms with Gasteiger partial charge in [-0.3, -0.25) is 14.3 Å². The van der Waals surface area contributed by atoms with Gasteiger partial charge in [0, 0.05) is 35.5 Å². The van der Waals surface area contributed by atoms with Crippen LogP contribution in [-0.4, -0.2) is 43.4 Å². The van der Waals surface area contributed by atoms with Crippen LogP contribution in [-0.2, 0) is 13.5 Å². The third kappa shape index (κ3) is 5.21. The molecule has 0 unspecified atom stereocenters. The molecule has 10 heteroatoms. The molecule has 2 aromatic heterocycles. The molecule has 45 heavy (non-hydrogen) atoms. The first-order chi connectivity index (χ1) is 21.8. The molecule has 0 fully saturated rings. The van der Waals surface area contributed by atoms with E-state index in [0.717, 1.165) is 16.3 Å². The molecule has 10 nitrogen and oxygen atoms in total. The van der Waals surface area contributed by atoms with Gasteiger partial charge < -0.3 is 9.84 Å². The number of aromatic carboxylic acids is 1. The summed E-state index contributed by atoms with van der Waals surface area (Å²) < 4.78 is 7.67. The third-order valence-electron chi connectivity index (χ3n) is 7.80. The SMILES string of the molecule is [C-]#[N+]c1c(-c2c(-c3cc(OCC)c4c(=O)[nH]nc(CCC(=O)c5ccccc5C(=O)O)c4c3)cnn2C)ccc2ccccc12. The summed E-state index contributed by atoms with van der Waals surface area (Å²) in [5, 5.41) is 23.5. The van der Waals surface area contributed by atoms with E-state index in [4.69, 9.17) is 11.3 Å². The molecule has 0 aliphatic rings. The van der Waals surface area contributed by atoms with Gasteiger partial charge in [-0.1, -0.05) is 54.6 Å². The molecule has 0 radical (unpaired) electrons. The minimum absolute atomic E-state index is 0.0315. The number of ketones is 1. The summed E-state index contributed by atoms with van der Waals surface area (Å²) in [5.74, 6) is -1.19. The number of fused-ring (bicyclic) bond motifs is 2. The minimum atomic E-state index is -1.18. The Labute approximate surface area is 257 Å². The number of aryl methyl sites for hydroxylation is 2. The van der Waals surface area contributed by atoms with Crippen LogP contribution in [0.4, 0.5) is 5.69 Å². The van der Waals surface area contributed by atoms with Crippen molar-refractivity contribution >= 4 is 39.0 Å². The van der Waals surface area contributed by atoms with Gasteiger partial charge in [0.15, 0.2) is 5.78 Å². The first-order valence-electron chi connectivity index (χ1n) is 14.3. The number of ether oxygens (including phenoxy) is 1. The first-order valence-corrected chi connectivity index (χ1v) is 14.3. The molecule has 0 aliphatic heterocycles. The zero-order valence-corrected chi connectivity index (χ0v) is 24.5. The van der Waals surface area contributed by atoms with Crippen molar-refractivity contribution < 1.29 is 19.4 Å². The van der Waals surface area contributed by atoms with E-state index >= 15 is 0 Å². The number of H-pyrrole nitrogens is 1. The van der Waals surface area contributed by atoms with Gasteiger partial charge in [0.05, 0.1) is 41.7 Å². The molecule has 0 bridgehead atoms. The van der Waals surface area contributed by atoms with Gasteiger partial charge in [0.25, 0.3) is 5.56 Å². The Morgan fingerprint density at radius 1 is 1.00 bits per heavy atom. The quantitative estimate of drug-likeness (QED) is 0.142. The second kappa shape index (κ2) is 11.9. The van der Waals surface area contributed by atoms with Gasteiger partial charge in [-0.2, -0.15) is 10.2 Å². The number of aromatic amines is 1. The predicted molar refractivity (Wildman–Crippen MR) is 171 cm³/mol. The van der Waals surface area contributed by atoms with Crippen LogP contribution in [0.3, 0.4) is 0 Å². The van der Waals surface area contributed by atoms with Gasteiger partial charge in [0.2, 0.25) is 5.69 Å². The van der Waals surface area contributed by atoms with Crippen LogP contribution < -0.4 is 10.3 Å². The molecule has 0 aliphatic carbocycles. The summed E-state index contributed by atoms with van der Waals surface area (Å²) >= 11 is 0. The van der Waals surface area contributed by atoms with Crippen molar-refractivity contribution in [3.8, 4) is 28.1 Å². The van der Waals surface area contributed by atoms with Crippen molar-refractivity contribution in [3.63, 3.8) is 0 Å². The van der Waals surface area contributed by atoms with E-state index in [1.54, 1.807) is 29.1 Å². The number of Topliss-reactive ketones (excluding diaryl/α,β-unsaturated/α-hetero) is 1. The van der Waals surface area contributed by atoms with Gasteiger partial charge in [-0.25, -0.2) is 14.7 Å². The van der Waals surface area contributed by atoms with E-state index in [-0.39, 0.29) is 29.8 Å². The van der Waals surface area contributed by atoms with E-state index in [2.05, 4.69) is 20.1 Å². The Morgan fingerprint density at radius 2 is 1.76 bits per heavy atom. The van der Waals surface area contributed by atoms with Crippen molar-refractivity contribution in [2.45, 2.75) is 19.8 Å². The van der Waals surface area contributed by atoms with Crippen LogP contribution in [0.5, 0.6) is 5.75 Å². The molecule has 0 atom stereocenters. The predicted octanol–water partition coefficient (Wildman–Crippen LogP) is 6.61. The summed E-state index contributed by atoms with van der Waals surface area (Å²) in [5.41, 5.74) is 3.39. The van der Waals surface area contributed by atoms with Gasteiger partial charge in [-0.05, 0) is 47.9 Å². The van der Waals surface area contributed by atoms with Crippen molar-refractivity contribution in [2.24, 2.45) is 7.05 Å².